The fourth-order valence-electron chi connectivity index (χ4n) is 3.18. The second-order valence-electron chi connectivity index (χ2n) is 6.66. The lowest BCUT2D eigenvalue weighted by Crippen LogP contribution is -2.31. The molecule has 2 aromatic carbocycles. The van der Waals surface area contributed by atoms with E-state index in [1.807, 2.05) is 41.2 Å². The van der Waals surface area contributed by atoms with Crippen LogP contribution in [0.2, 0.25) is 0 Å². The maximum Gasteiger partial charge on any atom is 0.255 e. The van der Waals surface area contributed by atoms with Crippen molar-refractivity contribution in [2.75, 3.05) is 18.4 Å². The van der Waals surface area contributed by atoms with Gasteiger partial charge in [-0.25, -0.2) is 8.42 Å². The molecule has 0 fully saturated rings. The average molecular weight is 412 g/mol. The smallest absolute Gasteiger partial charge is 0.255 e. The van der Waals surface area contributed by atoms with Crippen LogP contribution in [0.1, 0.15) is 29.8 Å². The number of sulfonamides is 1. The summed E-state index contributed by atoms with van der Waals surface area (Å²) in [5.41, 5.74) is 2.45. The third-order valence-corrected chi connectivity index (χ3v) is 6.97. The second-order valence-corrected chi connectivity index (χ2v) is 8.57. The van der Waals surface area contributed by atoms with Crippen LogP contribution in [0.3, 0.4) is 0 Å². The molecule has 6 nitrogen and oxygen atoms in total. The molecule has 3 aromatic rings. The number of aromatic nitrogens is 1. The summed E-state index contributed by atoms with van der Waals surface area (Å²) in [6.07, 6.45) is 3.81. The van der Waals surface area contributed by atoms with E-state index in [4.69, 9.17) is 0 Å². The number of nitrogens with zero attached hydrogens (tertiary/aromatic N) is 2. The van der Waals surface area contributed by atoms with Gasteiger partial charge in [0, 0.05) is 42.4 Å². The van der Waals surface area contributed by atoms with Crippen LogP contribution in [0.25, 0.3) is 5.69 Å². The molecule has 7 heteroatoms. The summed E-state index contributed by atoms with van der Waals surface area (Å²) in [5.74, 6) is -0.297. The Morgan fingerprint density at radius 1 is 1.00 bits per heavy atom. The van der Waals surface area contributed by atoms with E-state index in [1.54, 1.807) is 45.0 Å². The minimum absolute atomic E-state index is 0.208. The normalized spacial score (nSPS) is 11.6. The number of anilines is 1. The lowest BCUT2D eigenvalue weighted by Gasteiger charge is -2.20. The van der Waals surface area contributed by atoms with Gasteiger partial charge in [0.05, 0.1) is 4.90 Å². The summed E-state index contributed by atoms with van der Waals surface area (Å²) in [5, 5.41) is 2.81. The van der Waals surface area contributed by atoms with E-state index in [1.165, 1.54) is 10.4 Å². The van der Waals surface area contributed by atoms with Gasteiger partial charge in [0.1, 0.15) is 0 Å². The van der Waals surface area contributed by atoms with Crippen molar-refractivity contribution in [2.45, 2.75) is 25.7 Å². The largest absolute Gasteiger partial charge is 0.324 e. The molecule has 0 atom stereocenters. The van der Waals surface area contributed by atoms with Crippen molar-refractivity contribution >= 4 is 21.6 Å². The monoisotopic (exact) mass is 411 g/mol. The number of benzene rings is 2. The first-order valence-electron chi connectivity index (χ1n) is 9.52. The average Bonchev–Trinajstić information content (AvgIpc) is 3.25. The highest BCUT2D eigenvalue weighted by molar-refractivity contribution is 7.89. The van der Waals surface area contributed by atoms with Crippen molar-refractivity contribution in [1.29, 1.82) is 0 Å². The number of rotatable bonds is 7. The van der Waals surface area contributed by atoms with Crippen molar-refractivity contribution in [3.63, 3.8) is 0 Å². The van der Waals surface area contributed by atoms with Gasteiger partial charge in [0.25, 0.3) is 5.91 Å². The lowest BCUT2D eigenvalue weighted by atomic mass is 10.1. The van der Waals surface area contributed by atoms with Gasteiger partial charge in [-0.15, -0.1) is 0 Å². The molecule has 0 aliphatic carbocycles. The molecule has 1 aromatic heterocycles. The van der Waals surface area contributed by atoms with Crippen molar-refractivity contribution < 1.29 is 13.2 Å². The summed E-state index contributed by atoms with van der Waals surface area (Å²) in [4.78, 5) is 13.0. The van der Waals surface area contributed by atoms with Crippen LogP contribution in [0.5, 0.6) is 0 Å². The van der Waals surface area contributed by atoms with Crippen LogP contribution in [-0.2, 0) is 10.0 Å². The first kappa shape index (κ1) is 20.8. The molecule has 0 radical (unpaired) electrons. The zero-order valence-electron chi connectivity index (χ0n) is 16.8. The van der Waals surface area contributed by atoms with Crippen LogP contribution >= 0.6 is 0 Å². The van der Waals surface area contributed by atoms with Gasteiger partial charge >= 0.3 is 0 Å². The Hall–Kier alpha value is -2.90. The molecule has 0 saturated heterocycles. The second kappa shape index (κ2) is 8.63. The summed E-state index contributed by atoms with van der Waals surface area (Å²) in [7, 11) is -3.61. The van der Waals surface area contributed by atoms with E-state index in [-0.39, 0.29) is 10.8 Å². The van der Waals surface area contributed by atoms with Crippen LogP contribution in [0.4, 0.5) is 5.69 Å². The summed E-state index contributed by atoms with van der Waals surface area (Å²) < 4.78 is 29.1. The van der Waals surface area contributed by atoms with E-state index in [0.29, 0.717) is 29.9 Å². The maximum absolute atomic E-state index is 12.9. The predicted molar refractivity (Wildman–Crippen MR) is 115 cm³/mol. The van der Waals surface area contributed by atoms with Crippen molar-refractivity contribution in [3.8, 4) is 5.69 Å². The van der Waals surface area contributed by atoms with Gasteiger partial charge in [0.15, 0.2) is 0 Å². The fourth-order valence-corrected chi connectivity index (χ4v) is 4.88. The molecule has 0 saturated carbocycles. The van der Waals surface area contributed by atoms with E-state index in [9.17, 15) is 13.2 Å². The van der Waals surface area contributed by atoms with Crippen LogP contribution in [0.15, 0.2) is 71.9 Å². The lowest BCUT2D eigenvalue weighted by molar-refractivity contribution is 0.102. The third kappa shape index (κ3) is 4.41. The molecular formula is C22H25N3O3S. The number of aryl methyl sites for hydroxylation is 1. The van der Waals surface area contributed by atoms with Crippen molar-refractivity contribution in [2.24, 2.45) is 0 Å². The molecule has 29 heavy (non-hydrogen) atoms. The molecule has 0 bridgehead atoms. The number of hydrogen-bond acceptors (Lipinski definition) is 3. The molecule has 0 aliphatic heterocycles. The van der Waals surface area contributed by atoms with E-state index >= 15 is 0 Å². The van der Waals surface area contributed by atoms with Crippen LogP contribution in [-0.4, -0.2) is 36.3 Å². The number of amides is 1. The Labute approximate surface area is 171 Å². The minimum Gasteiger partial charge on any atom is -0.324 e. The number of carbonyl (C=O) groups excluding carboxylic acids is 1. The van der Waals surface area contributed by atoms with Gasteiger partial charge in [-0.2, -0.15) is 4.31 Å². The zero-order chi connectivity index (χ0) is 21.0. The van der Waals surface area contributed by atoms with E-state index in [0.717, 1.165) is 5.69 Å². The Kier molecular flexibility index (Phi) is 6.20. The Morgan fingerprint density at radius 2 is 1.69 bits per heavy atom. The molecular weight excluding hydrogens is 386 g/mol. The van der Waals surface area contributed by atoms with E-state index < -0.39 is 10.0 Å². The number of nitrogens with one attached hydrogen (secondary N) is 1. The highest BCUT2D eigenvalue weighted by Crippen LogP contribution is 2.24. The van der Waals surface area contributed by atoms with Crippen molar-refractivity contribution in [1.82, 2.24) is 8.87 Å². The first-order chi connectivity index (χ1) is 13.9. The van der Waals surface area contributed by atoms with Crippen LogP contribution < -0.4 is 5.32 Å². The topological polar surface area (TPSA) is 71.4 Å². The summed E-state index contributed by atoms with van der Waals surface area (Å²) in [6.45, 7) is 6.14. The minimum atomic E-state index is -3.61. The first-order valence-corrected chi connectivity index (χ1v) is 11.0. The van der Waals surface area contributed by atoms with Gasteiger partial charge in [-0.1, -0.05) is 26.0 Å². The third-order valence-electron chi connectivity index (χ3n) is 4.78. The fraction of sp³-hybridized carbons (Fsp3) is 0.227. The highest BCUT2D eigenvalue weighted by Gasteiger charge is 2.24. The standard InChI is InChI=1S/C22H25N3O3S/c1-4-25(5-2)29(27,28)21-16-19(12-11-17(21)3)23-22(26)18-9-8-10-20(15-18)24-13-6-7-14-24/h6-16H,4-5H2,1-3H3,(H,23,26). The molecule has 1 amide bonds. The van der Waals surface area contributed by atoms with E-state index in [2.05, 4.69) is 5.32 Å². The highest BCUT2D eigenvalue weighted by atomic mass is 32.2. The number of carbonyl (C=O) groups is 1. The van der Waals surface area contributed by atoms with Gasteiger partial charge in [-0.3, -0.25) is 4.79 Å². The Morgan fingerprint density at radius 3 is 2.34 bits per heavy atom. The quantitative estimate of drug-likeness (QED) is 0.637. The Bertz CT molecular complexity index is 1100. The van der Waals surface area contributed by atoms with Gasteiger partial charge in [0.2, 0.25) is 10.0 Å². The SMILES string of the molecule is CCN(CC)S(=O)(=O)c1cc(NC(=O)c2cccc(-n3cccc3)c2)ccc1C. The maximum atomic E-state index is 12.9. The molecule has 0 spiro atoms. The zero-order valence-corrected chi connectivity index (χ0v) is 17.6. The number of hydrogen-bond donors (Lipinski definition) is 1. The Balaban J connectivity index is 1.88. The molecule has 0 aliphatic rings. The van der Waals surface area contributed by atoms with Crippen molar-refractivity contribution in [3.05, 3.63) is 78.1 Å². The molecule has 152 valence electrons. The molecule has 0 unspecified atom stereocenters. The molecule has 3 rings (SSSR count). The summed E-state index contributed by atoms with van der Waals surface area (Å²) >= 11 is 0. The van der Waals surface area contributed by atoms with Gasteiger partial charge in [-0.05, 0) is 55.0 Å². The molecule has 1 heterocycles. The predicted octanol–water partition coefficient (Wildman–Crippen LogP) is 4.07. The molecule has 1 N–H and O–H groups in total. The summed E-state index contributed by atoms with van der Waals surface area (Å²) in [6, 6.07) is 16.0. The van der Waals surface area contributed by atoms with Crippen LogP contribution in [0, 0.1) is 6.92 Å². The van der Waals surface area contributed by atoms with Gasteiger partial charge < -0.3 is 9.88 Å².